The third-order valence-corrected chi connectivity index (χ3v) is 3.16. The Morgan fingerprint density at radius 1 is 0.882 bits per heavy atom. The van der Waals surface area contributed by atoms with E-state index < -0.39 is 0 Å². The van der Waals surface area contributed by atoms with E-state index in [-0.39, 0.29) is 5.54 Å². The molecule has 0 saturated carbocycles. The number of benzene rings is 2. The van der Waals surface area contributed by atoms with Crippen LogP contribution in [0.4, 0.5) is 0 Å². The molecule has 0 atom stereocenters. The Morgan fingerprint density at radius 2 is 1.47 bits per heavy atom. The summed E-state index contributed by atoms with van der Waals surface area (Å²) in [7, 11) is 0. The topological polar surface area (TPSA) is 4.93 Å². The van der Waals surface area contributed by atoms with Crippen molar-refractivity contribution in [2.24, 2.45) is 0 Å². The van der Waals surface area contributed by atoms with Crippen molar-refractivity contribution in [2.75, 3.05) is 0 Å². The Hall–Kier alpha value is -1.76. The monoisotopic (exact) mass is 224 g/mol. The van der Waals surface area contributed by atoms with E-state index in [2.05, 4.69) is 55.7 Å². The SMILES string of the molecule is [2H]c1cccc2c3ccccc3n(C(C)(C)C)c12. The van der Waals surface area contributed by atoms with Crippen LogP contribution < -0.4 is 0 Å². The van der Waals surface area contributed by atoms with E-state index in [1.165, 1.54) is 16.3 Å². The van der Waals surface area contributed by atoms with Gasteiger partial charge in [-0.2, -0.15) is 0 Å². The molecule has 0 radical (unpaired) electrons. The van der Waals surface area contributed by atoms with Gasteiger partial charge in [-0.1, -0.05) is 36.4 Å². The van der Waals surface area contributed by atoms with Gasteiger partial charge in [-0.25, -0.2) is 0 Å². The second-order valence-electron chi connectivity index (χ2n) is 5.46. The third-order valence-electron chi connectivity index (χ3n) is 3.16. The lowest BCUT2D eigenvalue weighted by Crippen LogP contribution is -2.21. The van der Waals surface area contributed by atoms with Crippen LogP contribution in [0.15, 0.2) is 48.5 Å². The molecule has 1 aromatic heterocycles. The van der Waals surface area contributed by atoms with Gasteiger partial charge in [0.25, 0.3) is 0 Å². The maximum Gasteiger partial charge on any atom is 0.0645 e. The van der Waals surface area contributed by atoms with Crippen molar-refractivity contribution in [1.82, 2.24) is 4.57 Å². The van der Waals surface area contributed by atoms with Crippen LogP contribution in [0.5, 0.6) is 0 Å². The Bertz CT molecular complexity index is 732. The van der Waals surface area contributed by atoms with Crippen LogP contribution in [0.1, 0.15) is 22.1 Å². The second kappa shape index (κ2) is 3.36. The van der Waals surface area contributed by atoms with Crippen LogP contribution in [0.2, 0.25) is 0 Å². The summed E-state index contributed by atoms with van der Waals surface area (Å²) in [6.45, 7) is 6.56. The van der Waals surface area contributed by atoms with Crippen LogP contribution in [-0.4, -0.2) is 4.57 Å². The summed E-state index contributed by atoms with van der Waals surface area (Å²) in [4.78, 5) is 0. The summed E-state index contributed by atoms with van der Waals surface area (Å²) in [6.07, 6.45) is 0. The molecule has 17 heavy (non-hydrogen) atoms. The largest absolute Gasteiger partial charge is 0.335 e. The highest BCUT2D eigenvalue weighted by Crippen LogP contribution is 2.33. The first-order chi connectivity index (χ1) is 8.50. The summed E-state index contributed by atoms with van der Waals surface area (Å²) in [6, 6.07) is 14.9. The van der Waals surface area contributed by atoms with Crippen molar-refractivity contribution < 1.29 is 1.37 Å². The molecule has 1 heteroatoms. The van der Waals surface area contributed by atoms with Gasteiger partial charge >= 0.3 is 0 Å². The number of rotatable bonds is 0. The predicted octanol–water partition coefficient (Wildman–Crippen LogP) is 4.55. The van der Waals surface area contributed by atoms with E-state index in [4.69, 9.17) is 1.37 Å². The van der Waals surface area contributed by atoms with Gasteiger partial charge in [-0.3, -0.25) is 0 Å². The van der Waals surface area contributed by atoms with Gasteiger partial charge in [0.05, 0.1) is 1.37 Å². The van der Waals surface area contributed by atoms with Crippen molar-refractivity contribution in [3.05, 3.63) is 48.5 Å². The molecular formula is C16H17N. The van der Waals surface area contributed by atoms with Gasteiger partial charge in [0.1, 0.15) is 0 Å². The first kappa shape index (κ1) is 9.29. The molecule has 1 heterocycles. The lowest BCUT2D eigenvalue weighted by atomic mass is 10.1. The lowest BCUT2D eigenvalue weighted by molar-refractivity contribution is 0.423. The molecule has 0 saturated heterocycles. The number of nitrogens with zero attached hydrogens (tertiary/aromatic N) is 1. The fourth-order valence-corrected chi connectivity index (χ4v) is 2.54. The Morgan fingerprint density at radius 3 is 2.18 bits per heavy atom. The number of hydrogen-bond acceptors (Lipinski definition) is 0. The highest BCUT2D eigenvalue weighted by Gasteiger charge is 2.19. The maximum atomic E-state index is 8.20. The van der Waals surface area contributed by atoms with E-state index in [1.807, 2.05) is 12.1 Å². The zero-order valence-corrected chi connectivity index (χ0v) is 10.5. The molecule has 3 rings (SSSR count). The number of fused-ring (bicyclic) bond motifs is 3. The molecule has 2 aromatic carbocycles. The highest BCUT2D eigenvalue weighted by atomic mass is 15.0. The molecule has 0 spiro atoms. The average Bonchev–Trinajstić information content (AvgIpc) is 2.65. The maximum absolute atomic E-state index is 8.20. The van der Waals surface area contributed by atoms with Crippen LogP contribution in [-0.2, 0) is 5.54 Å². The van der Waals surface area contributed by atoms with Crippen molar-refractivity contribution in [2.45, 2.75) is 26.3 Å². The molecule has 0 aliphatic rings. The Balaban J connectivity index is 2.64. The van der Waals surface area contributed by atoms with Crippen molar-refractivity contribution in [3.8, 4) is 0 Å². The Labute approximate surface area is 103 Å². The van der Waals surface area contributed by atoms with E-state index in [0.717, 1.165) is 5.52 Å². The van der Waals surface area contributed by atoms with E-state index in [9.17, 15) is 0 Å². The zero-order chi connectivity index (χ0) is 12.9. The fourth-order valence-electron chi connectivity index (χ4n) is 2.54. The minimum Gasteiger partial charge on any atom is -0.335 e. The molecule has 0 N–H and O–H groups in total. The third kappa shape index (κ3) is 1.46. The normalized spacial score (nSPS) is 13.2. The van der Waals surface area contributed by atoms with Crippen molar-refractivity contribution in [1.29, 1.82) is 0 Å². The first-order valence-corrected chi connectivity index (χ1v) is 5.99. The summed E-state index contributed by atoms with van der Waals surface area (Å²) < 4.78 is 10.5. The average molecular weight is 224 g/mol. The predicted molar refractivity (Wildman–Crippen MR) is 74.4 cm³/mol. The quantitative estimate of drug-likeness (QED) is 0.528. The van der Waals surface area contributed by atoms with E-state index >= 15 is 0 Å². The standard InChI is InChI=1S/C16H17N/c1-16(2,3)17-14-10-6-4-8-12(14)13-9-5-7-11-15(13)17/h4-11H,1-3H3/i10D. The molecule has 0 bridgehead atoms. The summed E-state index contributed by atoms with van der Waals surface area (Å²) in [5.41, 5.74) is 2.21. The number of para-hydroxylation sites is 2. The van der Waals surface area contributed by atoms with Gasteiger partial charge in [0.15, 0.2) is 0 Å². The second-order valence-corrected chi connectivity index (χ2v) is 5.46. The molecule has 3 aromatic rings. The Kier molecular flexibility index (Phi) is 1.84. The molecular weight excluding hydrogens is 206 g/mol. The molecule has 1 nitrogen and oxygen atoms in total. The molecule has 0 amide bonds. The first-order valence-electron chi connectivity index (χ1n) is 6.49. The van der Waals surface area contributed by atoms with Gasteiger partial charge < -0.3 is 4.57 Å². The summed E-state index contributed by atoms with van der Waals surface area (Å²) in [5, 5.41) is 2.41. The minimum atomic E-state index is -0.0293. The fraction of sp³-hybridized carbons (Fsp3) is 0.250. The lowest BCUT2D eigenvalue weighted by Gasteiger charge is -2.24. The molecule has 0 unspecified atom stereocenters. The number of aromatic nitrogens is 1. The summed E-state index contributed by atoms with van der Waals surface area (Å²) in [5.74, 6) is 0. The van der Waals surface area contributed by atoms with Gasteiger partial charge in [-0.05, 0) is 32.9 Å². The van der Waals surface area contributed by atoms with Crippen LogP contribution in [0.3, 0.4) is 0 Å². The van der Waals surface area contributed by atoms with Gasteiger partial charge in [0.2, 0.25) is 0 Å². The van der Waals surface area contributed by atoms with Gasteiger partial charge in [-0.15, -0.1) is 0 Å². The summed E-state index contributed by atoms with van der Waals surface area (Å²) >= 11 is 0. The van der Waals surface area contributed by atoms with Crippen LogP contribution in [0.25, 0.3) is 21.8 Å². The van der Waals surface area contributed by atoms with Crippen molar-refractivity contribution in [3.63, 3.8) is 0 Å². The minimum absolute atomic E-state index is 0.0293. The molecule has 0 aliphatic heterocycles. The highest BCUT2D eigenvalue weighted by molar-refractivity contribution is 6.08. The molecule has 0 fully saturated rings. The van der Waals surface area contributed by atoms with E-state index in [0.29, 0.717) is 6.04 Å². The molecule has 0 aliphatic carbocycles. The number of hydrogen-bond donors (Lipinski definition) is 0. The molecule has 86 valence electrons. The van der Waals surface area contributed by atoms with Crippen LogP contribution in [0, 0.1) is 0 Å². The van der Waals surface area contributed by atoms with E-state index in [1.54, 1.807) is 0 Å². The zero-order valence-electron chi connectivity index (χ0n) is 11.5. The van der Waals surface area contributed by atoms with Crippen LogP contribution >= 0.6 is 0 Å². The van der Waals surface area contributed by atoms with Gasteiger partial charge in [0, 0.05) is 27.3 Å². The smallest absolute Gasteiger partial charge is 0.0645 e. The van der Waals surface area contributed by atoms with Crippen molar-refractivity contribution >= 4 is 21.8 Å².